The lowest BCUT2D eigenvalue weighted by Gasteiger charge is -2.15. The molecule has 0 aromatic heterocycles. The Hall–Kier alpha value is -1.06. The van der Waals surface area contributed by atoms with Crippen LogP contribution < -0.4 is 4.74 Å². The van der Waals surface area contributed by atoms with Crippen LogP contribution in [0.5, 0.6) is 5.75 Å². The van der Waals surface area contributed by atoms with Crippen molar-refractivity contribution in [2.75, 3.05) is 6.61 Å². The summed E-state index contributed by atoms with van der Waals surface area (Å²) in [5.74, 6) is 0.539. The fraction of sp³-hybridized carbons (Fsp3) is 0.294. The molecule has 0 saturated carbocycles. The first kappa shape index (κ1) is 16.3. The van der Waals surface area contributed by atoms with Gasteiger partial charge in [0.25, 0.3) is 0 Å². The van der Waals surface area contributed by atoms with Crippen LogP contribution in [0.2, 0.25) is 5.02 Å². The topological polar surface area (TPSA) is 9.23 Å². The maximum atomic E-state index is 13.5. The molecule has 0 saturated heterocycles. The third kappa shape index (κ3) is 3.98. The van der Waals surface area contributed by atoms with Crippen LogP contribution in [-0.2, 0) is 0 Å². The second-order valence-corrected chi connectivity index (χ2v) is 6.23. The number of aryl methyl sites for hydroxylation is 1. The molecule has 0 aliphatic heterocycles. The largest absolute Gasteiger partial charge is 0.494 e. The Morgan fingerprint density at radius 3 is 2.76 bits per heavy atom. The van der Waals surface area contributed by atoms with E-state index in [1.165, 1.54) is 6.07 Å². The van der Waals surface area contributed by atoms with Crippen LogP contribution in [-0.4, -0.2) is 6.61 Å². The number of rotatable bonds is 5. The van der Waals surface area contributed by atoms with Crippen molar-refractivity contribution in [3.8, 4) is 5.75 Å². The highest BCUT2D eigenvalue weighted by Gasteiger charge is 2.16. The standard InChI is InChI=1S/C17H17BrClFO/c1-3-7-21-13-6-4-5-12(9-13)17(18)14-8-11(2)16(20)10-15(14)19/h4-6,8-10,17H,3,7H2,1-2H3. The minimum absolute atomic E-state index is 0.102. The third-order valence-electron chi connectivity index (χ3n) is 3.17. The zero-order valence-corrected chi connectivity index (χ0v) is 14.3. The lowest BCUT2D eigenvalue weighted by molar-refractivity contribution is 0.317. The van der Waals surface area contributed by atoms with E-state index in [-0.39, 0.29) is 10.6 Å². The molecule has 0 amide bonds. The van der Waals surface area contributed by atoms with E-state index in [1.54, 1.807) is 13.0 Å². The summed E-state index contributed by atoms with van der Waals surface area (Å²) in [5, 5.41) is 0.417. The molecule has 2 aromatic carbocycles. The van der Waals surface area contributed by atoms with Gasteiger partial charge in [-0.1, -0.05) is 52.7 Å². The van der Waals surface area contributed by atoms with Gasteiger partial charge in [-0.3, -0.25) is 0 Å². The number of hydrogen-bond donors (Lipinski definition) is 0. The first-order valence-corrected chi connectivity index (χ1v) is 8.14. The Kier molecular flexibility index (Phi) is 5.65. The van der Waals surface area contributed by atoms with Crippen molar-refractivity contribution in [3.05, 3.63) is 63.9 Å². The first-order valence-electron chi connectivity index (χ1n) is 6.85. The Bertz CT molecular complexity index is 630. The van der Waals surface area contributed by atoms with E-state index in [4.69, 9.17) is 16.3 Å². The van der Waals surface area contributed by atoms with E-state index in [9.17, 15) is 4.39 Å². The van der Waals surface area contributed by atoms with Gasteiger partial charge in [0.2, 0.25) is 0 Å². The Morgan fingerprint density at radius 2 is 2.05 bits per heavy atom. The molecular weight excluding hydrogens is 355 g/mol. The van der Waals surface area contributed by atoms with Gasteiger partial charge in [0.15, 0.2) is 0 Å². The summed E-state index contributed by atoms with van der Waals surface area (Å²) in [4.78, 5) is -0.102. The monoisotopic (exact) mass is 370 g/mol. The van der Waals surface area contributed by atoms with Crippen molar-refractivity contribution < 1.29 is 9.13 Å². The van der Waals surface area contributed by atoms with E-state index in [0.717, 1.165) is 23.3 Å². The third-order valence-corrected chi connectivity index (χ3v) is 4.52. The quantitative estimate of drug-likeness (QED) is 0.580. The molecule has 1 atom stereocenters. The fourth-order valence-electron chi connectivity index (χ4n) is 2.04. The van der Waals surface area contributed by atoms with Gasteiger partial charge in [0, 0.05) is 5.02 Å². The molecule has 0 bridgehead atoms. The number of hydrogen-bond acceptors (Lipinski definition) is 1. The molecule has 0 radical (unpaired) electrons. The second kappa shape index (κ2) is 7.28. The summed E-state index contributed by atoms with van der Waals surface area (Å²) in [6, 6.07) is 11.0. The summed E-state index contributed by atoms with van der Waals surface area (Å²) in [6.45, 7) is 4.49. The molecule has 0 heterocycles. The molecule has 2 aromatic rings. The molecule has 21 heavy (non-hydrogen) atoms. The SMILES string of the molecule is CCCOc1cccc(C(Br)c2cc(C)c(F)cc2Cl)c1. The summed E-state index contributed by atoms with van der Waals surface area (Å²) in [5.41, 5.74) is 2.46. The maximum Gasteiger partial charge on any atom is 0.127 e. The van der Waals surface area contributed by atoms with Crippen LogP contribution in [0.3, 0.4) is 0 Å². The van der Waals surface area contributed by atoms with Gasteiger partial charge in [-0.15, -0.1) is 0 Å². The van der Waals surface area contributed by atoms with Crippen LogP contribution in [0.4, 0.5) is 4.39 Å². The lowest BCUT2D eigenvalue weighted by Crippen LogP contribution is -1.99. The van der Waals surface area contributed by atoms with Gasteiger partial charge in [-0.2, -0.15) is 0 Å². The van der Waals surface area contributed by atoms with E-state index >= 15 is 0 Å². The second-order valence-electron chi connectivity index (χ2n) is 4.91. The minimum atomic E-state index is -0.288. The predicted molar refractivity (Wildman–Crippen MR) is 89.1 cm³/mol. The smallest absolute Gasteiger partial charge is 0.127 e. The zero-order valence-electron chi connectivity index (χ0n) is 12.0. The summed E-state index contributed by atoms with van der Waals surface area (Å²) in [7, 11) is 0. The number of benzene rings is 2. The Morgan fingerprint density at radius 1 is 1.29 bits per heavy atom. The minimum Gasteiger partial charge on any atom is -0.494 e. The Balaban J connectivity index is 2.31. The molecule has 0 spiro atoms. The van der Waals surface area contributed by atoms with E-state index < -0.39 is 0 Å². The molecule has 0 aliphatic rings. The average Bonchev–Trinajstić information content (AvgIpc) is 2.48. The maximum absolute atomic E-state index is 13.5. The molecular formula is C17H17BrClFO. The van der Waals surface area contributed by atoms with Crippen LogP contribution in [0.1, 0.15) is 34.9 Å². The van der Waals surface area contributed by atoms with Gasteiger partial charge in [0.05, 0.1) is 11.4 Å². The van der Waals surface area contributed by atoms with Gasteiger partial charge in [-0.05, 0) is 48.2 Å². The highest BCUT2D eigenvalue weighted by atomic mass is 79.9. The van der Waals surface area contributed by atoms with E-state index in [1.807, 2.05) is 24.3 Å². The van der Waals surface area contributed by atoms with Crippen LogP contribution >= 0.6 is 27.5 Å². The number of ether oxygens (including phenoxy) is 1. The molecule has 0 aliphatic carbocycles. The average molecular weight is 372 g/mol. The predicted octanol–water partition coefficient (Wildman–Crippen LogP) is 6.06. The van der Waals surface area contributed by atoms with Crippen molar-refractivity contribution in [1.29, 1.82) is 0 Å². The Labute approximate surface area is 138 Å². The van der Waals surface area contributed by atoms with Gasteiger partial charge >= 0.3 is 0 Å². The molecule has 2 rings (SSSR count). The number of halogens is 3. The summed E-state index contributed by atoms with van der Waals surface area (Å²) in [6.07, 6.45) is 0.963. The molecule has 4 heteroatoms. The van der Waals surface area contributed by atoms with E-state index in [2.05, 4.69) is 22.9 Å². The normalized spacial score (nSPS) is 12.2. The van der Waals surface area contributed by atoms with Crippen LogP contribution in [0.25, 0.3) is 0 Å². The highest BCUT2D eigenvalue weighted by molar-refractivity contribution is 9.09. The van der Waals surface area contributed by atoms with E-state index in [0.29, 0.717) is 17.2 Å². The van der Waals surface area contributed by atoms with Crippen molar-refractivity contribution in [2.45, 2.75) is 25.1 Å². The molecule has 112 valence electrons. The van der Waals surface area contributed by atoms with Gasteiger partial charge in [0.1, 0.15) is 11.6 Å². The van der Waals surface area contributed by atoms with Crippen molar-refractivity contribution in [1.82, 2.24) is 0 Å². The van der Waals surface area contributed by atoms with Crippen molar-refractivity contribution in [2.24, 2.45) is 0 Å². The molecule has 1 unspecified atom stereocenters. The fourth-order valence-corrected chi connectivity index (χ4v) is 3.09. The molecule has 0 fully saturated rings. The van der Waals surface area contributed by atoms with Gasteiger partial charge in [-0.25, -0.2) is 4.39 Å². The van der Waals surface area contributed by atoms with Crippen molar-refractivity contribution in [3.63, 3.8) is 0 Å². The lowest BCUT2D eigenvalue weighted by atomic mass is 10.0. The molecule has 1 nitrogen and oxygen atoms in total. The summed E-state index contributed by atoms with van der Waals surface area (Å²) < 4.78 is 19.2. The van der Waals surface area contributed by atoms with Gasteiger partial charge < -0.3 is 4.74 Å². The first-order chi connectivity index (χ1) is 10.0. The zero-order chi connectivity index (χ0) is 15.4. The van der Waals surface area contributed by atoms with Crippen molar-refractivity contribution >= 4 is 27.5 Å². The molecule has 0 N–H and O–H groups in total. The van der Waals surface area contributed by atoms with Crippen LogP contribution in [0, 0.1) is 12.7 Å². The highest BCUT2D eigenvalue weighted by Crippen LogP contribution is 2.37. The summed E-state index contributed by atoms with van der Waals surface area (Å²) >= 11 is 9.81. The number of alkyl halides is 1. The van der Waals surface area contributed by atoms with Crippen LogP contribution in [0.15, 0.2) is 36.4 Å².